The number of carbonyl (C=O) groups excluding carboxylic acids is 1. The van der Waals surface area contributed by atoms with Gasteiger partial charge in [0, 0.05) is 6.92 Å². The van der Waals surface area contributed by atoms with E-state index in [1.807, 2.05) is 0 Å². The lowest BCUT2D eigenvalue weighted by Crippen LogP contribution is -2.18. The number of nitro groups is 1. The molecule has 0 spiro atoms. The zero-order chi connectivity index (χ0) is 14.8. The number of benzene rings is 1. The van der Waals surface area contributed by atoms with E-state index in [-0.39, 0.29) is 10.2 Å². The van der Waals surface area contributed by atoms with Crippen LogP contribution in [-0.4, -0.2) is 17.2 Å². The summed E-state index contributed by atoms with van der Waals surface area (Å²) in [7, 11) is 0. The minimum atomic E-state index is -4.98. The number of ether oxygens (including phenoxy) is 1. The molecule has 0 atom stereocenters. The van der Waals surface area contributed by atoms with Crippen molar-refractivity contribution in [3.8, 4) is 5.75 Å². The fourth-order valence-corrected chi connectivity index (χ4v) is 1.61. The Morgan fingerprint density at radius 2 is 2.05 bits per heavy atom. The number of carbonyl (C=O) groups is 1. The first-order valence-corrected chi connectivity index (χ1v) is 5.40. The van der Waals surface area contributed by atoms with Crippen LogP contribution in [0.3, 0.4) is 0 Å². The summed E-state index contributed by atoms with van der Waals surface area (Å²) >= 11 is 2.77. The molecule has 1 aromatic carbocycles. The molecule has 0 aliphatic rings. The van der Waals surface area contributed by atoms with Gasteiger partial charge in [0.1, 0.15) is 5.69 Å². The maximum Gasteiger partial charge on any atom is 0.573 e. The molecule has 6 nitrogen and oxygen atoms in total. The van der Waals surface area contributed by atoms with Crippen LogP contribution in [0, 0.1) is 10.1 Å². The average Bonchev–Trinajstić information content (AvgIpc) is 2.18. The summed E-state index contributed by atoms with van der Waals surface area (Å²) in [6.07, 6.45) is -4.98. The predicted octanol–water partition coefficient (Wildman–Crippen LogP) is 3.21. The van der Waals surface area contributed by atoms with Crippen LogP contribution >= 0.6 is 15.9 Å². The van der Waals surface area contributed by atoms with Gasteiger partial charge in [-0.25, -0.2) is 0 Å². The Kier molecular flexibility index (Phi) is 4.35. The van der Waals surface area contributed by atoms with Crippen molar-refractivity contribution in [2.24, 2.45) is 0 Å². The Morgan fingerprint density at radius 3 is 2.47 bits per heavy atom. The van der Waals surface area contributed by atoms with Crippen LogP contribution in [0.4, 0.5) is 24.5 Å². The SMILES string of the molecule is CC(=O)Nc1cc(Br)c(OC(F)(F)F)cc1[N+](=O)[O-]. The van der Waals surface area contributed by atoms with Crippen molar-refractivity contribution in [3.05, 3.63) is 26.7 Å². The van der Waals surface area contributed by atoms with Crippen LogP contribution < -0.4 is 10.1 Å². The van der Waals surface area contributed by atoms with E-state index in [0.29, 0.717) is 6.07 Å². The van der Waals surface area contributed by atoms with Gasteiger partial charge in [-0.2, -0.15) is 0 Å². The molecule has 1 rings (SSSR count). The lowest BCUT2D eigenvalue weighted by atomic mass is 10.2. The molecule has 104 valence electrons. The molecule has 0 saturated heterocycles. The number of hydrogen-bond donors (Lipinski definition) is 1. The molecule has 1 amide bonds. The smallest absolute Gasteiger partial charge is 0.404 e. The van der Waals surface area contributed by atoms with E-state index in [2.05, 4.69) is 26.0 Å². The predicted molar refractivity (Wildman–Crippen MR) is 61.8 cm³/mol. The normalized spacial score (nSPS) is 11.0. The fraction of sp³-hybridized carbons (Fsp3) is 0.222. The number of anilines is 1. The van der Waals surface area contributed by atoms with E-state index < -0.39 is 28.6 Å². The summed E-state index contributed by atoms with van der Waals surface area (Å²) < 4.78 is 39.7. The first kappa shape index (κ1) is 15.2. The maximum absolute atomic E-state index is 12.1. The van der Waals surface area contributed by atoms with Gasteiger partial charge in [0.25, 0.3) is 5.69 Å². The summed E-state index contributed by atoms with van der Waals surface area (Å²) in [5, 5.41) is 12.9. The summed E-state index contributed by atoms with van der Waals surface area (Å²) in [4.78, 5) is 20.7. The zero-order valence-electron chi connectivity index (χ0n) is 9.25. The summed E-state index contributed by atoms with van der Waals surface area (Å²) in [6.45, 7) is 1.11. The molecule has 0 saturated carbocycles. The van der Waals surface area contributed by atoms with Crippen molar-refractivity contribution in [2.45, 2.75) is 13.3 Å². The number of amides is 1. The Morgan fingerprint density at radius 1 is 1.47 bits per heavy atom. The largest absolute Gasteiger partial charge is 0.573 e. The third-order valence-corrected chi connectivity index (χ3v) is 2.40. The van der Waals surface area contributed by atoms with E-state index in [9.17, 15) is 28.1 Å². The van der Waals surface area contributed by atoms with Crippen molar-refractivity contribution < 1.29 is 27.6 Å². The number of nitrogens with zero attached hydrogens (tertiary/aromatic N) is 1. The van der Waals surface area contributed by atoms with Gasteiger partial charge in [0.2, 0.25) is 5.91 Å². The number of nitrogens with one attached hydrogen (secondary N) is 1. The van der Waals surface area contributed by atoms with Crippen LogP contribution in [0.5, 0.6) is 5.75 Å². The standard InChI is InChI=1S/C9H6BrF3N2O4/c1-4(16)14-6-2-5(10)8(19-9(11,12)13)3-7(6)15(17)18/h2-3H,1H3,(H,14,16). The molecule has 0 aliphatic carbocycles. The molecule has 0 aliphatic heterocycles. The highest BCUT2D eigenvalue weighted by Gasteiger charge is 2.33. The second kappa shape index (κ2) is 5.43. The molecule has 0 aromatic heterocycles. The van der Waals surface area contributed by atoms with Crippen molar-refractivity contribution in [1.29, 1.82) is 0 Å². The molecule has 1 aromatic rings. The Bertz CT molecular complexity index is 533. The molecular formula is C9H6BrF3N2O4. The lowest BCUT2D eigenvalue weighted by molar-refractivity contribution is -0.384. The number of halogens is 4. The minimum absolute atomic E-state index is 0.181. The van der Waals surface area contributed by atoms with Gasteiger partial charge in [0.15, 0.2) is 5.75 Å². The van der Waals surface area contributed by atoms with Gasteiger partial charge in [-0.15, -0.1) is 13.2 Å². The van der Waals surface area contributed by atoms with Crippen LogP contribution in [0.15, 0.2) is 16.6 Å². The molecule has 0 radical (unpaired) electrons. The molecular weight excluding hydrogens is 337 g/mol. The van der Waals surface area contributed by atoms with Gasteiger partial charge in [0.05, 0.1) is 15.5 Å². The van der Waals surface area contributed by atoms with Gasteiger partial charge in [-0.1, -0.05) is 0 Å². The Balaban J connectivity index is 3.28. The number of nitro benzene ring substituents is 1. The van der Waals surface area contributed by atoms with Crippen molar-refractivity contribution >= 4 is 33.2 Å². The van der Waals surface area contributed by atoms with Crippen molar-refractivity contribution in [2.75, 3.05) is 5.32 Å². The van der Waals surface area contributed by atoms with Crippen LogP contribution in [0.25, 0.3) is 0 Å². The number of rotatable bonds is 3. The quantitative estimate of drug-likeness (QED) is 0.675. The van der Waals surface area contributed by atoms with E-state index in [1.165, 1.54) is 0 Å². The lowest BCUT2D eigenvalue weighted by Gasteiger charge is -2.12. The number of hydrogen-bond acceptors (Lipinski definition) is 4. The van der Waals surface area contributed by atoms with Crippen molar-refractivity contribution in [3.63, 3.8) is 0 Å². The topological polar surface area (TPSA) is 81.5 Å². The van der Waals surface area contributed by atoms with E-state index in [4.69, 9.17) is 0 Å². The maximum atomic E-state index is 12.1. The van der Waals surface area contributed by atoms with E-state index in [1.54, 1.807) is 0 Å². The fourth-order valence-electron chi connectivity index (χ4n) is 1.19. The first-order chi connectivity index (χ1) is 8.60. The molecule has 0 bridgehead atoms. The highest BCUT2D eigenvalue weighted by molar-refractivity contribution is 9.10. The first-order valence-electron chi connectivity index (χ1n) is 4.61. The third-order valence-electron chi connectivity index (χ3n) is 1.78. The van der Waals surface area contributed by atoms with E-state index >= 15 is 0 Å². The monoisotopic (exact) mass is 342 g/mol. The molecule has 0 unspecified atom stereocenters. The average molecular weight is 343 g/mol. The van der Waals surface area contributed by atoms with Gasteiger partial charge >= 0.3 is 6.36 Å². The summed E-state index contributed by atoms with van der Waals surface area (Å²) in [5.41, 5.74) is -0.948. The van der Waals surface area contributed by atoms with Crippen LogP contribution in [0.2, 0.25) is 0 Å². The second-order valence-corrected chi connectivity index (χ2v) is 4.14. The van der Waals surface area contributed by atoms with E-state index in [0.717, 1.165) is 13.0 Å². The van der Waals surface area contributed by atoms with Gasteiger partial charge in [-0.05, 0) is 22.0 Å². The van der Waals surface area contributed by atoms with Crippen LogP contribution in [0.1, 0.15) is 6.92 Å². The molecule has 0 fully saturated rings. The molecule has 1 N–H and O–H groups in total. The Labute approximate surface area is 112 Å². The van der Waals surface area contributed by atoms with Crippen molar-refractivity contribution in [1.82, 2.24) is 0 Å². The summed E-state index contributed by atoms with van der Waals surface area (Å²) in [6, 6.07) is 1.53. The Hall–Kier alpha value is -1.84. The highest BCUT2D eigenvalue weighted by Crippen LogP contribution is 2.38. The minimum Gasteiger partial charge on any atom is -0.404 e. The molecule has 0 heterocycles. The second-order valence-electron chi connectivity index (χ2n) is 3.29. The summed E-state index contributed by atoms with van der Waals surface area (Å²) in [5.74, 6) is -1.37. The van der Waals surface area contributed by atoms with Gasteiger partial charge in [-0.3, -0.25) is 14.9 Å². The number of alkyl halides is 3. The highest BCUT2D eigenvalue weighted by atomic mass is 79.9. The third kappa shape index (κ3) is 4.39. The molecule has 19 heavy (non-hydrogen) atoms. The van der Waals surface area contributed by atoms with Crippen LogP contribution in [-0.2, 0) is 4.79 Å². The van der Waals surface area contributed by atoms with Gasteiger partial charge < -0.3 is 10.1 Å². The molecule has 10 heteroatoms. The zero-order valence-corrected chi connectivity index (χ0v) is 10.8.